The quantitative estimate of drug-likeness (QED) is 0.752. The van der Waals surface area contributed by atoms with Gasteiger partial charge in [0.25, 0.3) is 10.0 Å². The lowest BCUT2D eigenvalue weighted by atomic mass is 10.3. The van der Waals surface area contributed by atoms with Crippen molar-refractivity contribution in [2.75, 3.05) is 39.3 Å². The van der Waals surface area contributed by atoms with Gasteiger partial charge in [-0.15, -0.1) is 12.4 Å². The first-order valence-corrected chi connectivity index (χ1v) is 8.48. The lowest BCUT2D eigenvalue weighted by Gasteiger charge is -2.27. The molecule has 1 aromatic heterocycles. The molecular weight excluding hydrogens is 314 g/mol. The Bertz CT molecular complexity index is 540. The third-order valence-corrected chi connectivity index (χ3v) is 4.83. The minimum atomic E-state index is -3.47. The fraction of sp³-hybridized carbons (Fsp3) is 0.750. The predicted molar refractivity (Wildman–Crippen MR) is 84.4 cm³/mol. The normalized spacial score (nSPS) is 16.7. The molecule has 0 aliphatic carbocycles. The molecule has 7 nitrogen and oxygen atoms in total. The van der Waals surface area contributed by atoms with Crippen LogP contribution in [0.4, 0.5) is 0 Å². The van der Waals surface area contributed by atoms with Crippen LogP contribution < -0.4 is 10.0 Å². The molecule has 0 radical (unpaired) electrons. The van der Waals surface area contributed by atoms with Crippen molar-refractivity contribution >= 4 is 22.4 Å². The minimum Gasteiger partial charge on any atom is -0.314 e. The van der Waals surface area contributed by atoms with Gasteiger partial charge in [-0.25, -0.2) is 13.1 Å². The van der Waals surface area contributed by atoms with E-state index in [-0.39, 0.29) is 17.4 Å². The summed E-state index contributed by atoms with van der Waals surface area (Å²) in [6.45, 7) is 9.25. The van der Waals surface area contributed by atoms with Crippen LogP contribution in [0.25, 0.3) is 0 Å². The summed E-state index contributed by atoms with van der Waals surface area (Å²) in [7, 11) is -3.47. The highest BCUT2D eigenvalue weighted by molar-refractivity contribution is 7.89. The second-order valence-corrected chi connectivity index (χ2v) is 6.64. The minimum absolute atomic E-state index is 0. The molecule has 0 amide bonds. The Hall–Kier alpha value is -0.670. The first-order valence-electron chi connectivity index (χ1n) is 7.00. The van der Waals surface area contributed by atoms with E-state index >= 15 is 0 Å². The van der Waals surface area contributed by atoms with E-state index in [0.717, 1.165) is 32.7 Å². The number of aromatic nitrogens is 2. The number of hydrogen-bond acceptors (Lipinski definition) is 5. The molecule has 122 valence electrons. The summed E-state index contributed by atoms with van der Waals surface area (Å²) in [4.78, 5) is 2.25. The van der Waals surface area contributed by atoms with Crippen molar-refractivity contribution < 1.29 is 8.42 Å². The Morgan fingerprint density at radius 2 is 2.05 bits per heavy atom. The maximum absolute atomic E-state index is 12.3. The average Bonchev–Trinajstić information content (AvgIpc) is 2.82. The molecule has 0 saturated carbocycles. The second-order valence-electron chi connectivity index (χ2n) is 4.93. The smallest absolute Gasteiger partial charge is 0.257 e. The van der Waals surface area contributed by atoms with E-state index in [0.29, 0.717) is 18.8 Å². The van der Waals surface area contributed by atoms with Crippen LogP contribution in [-0.2, 0) is 16.6 Å². The van der Waals surface area contributed by atoms with Gasteiger partial charge in [-0.05, 0) is 19.9 Å². The van der Waals surface area contributed by atoms with Crippen LogP contribution in [0.3, 0.4) is 0 Å². The summed E-state index contributed by atoms with van der Waals surface area (Å²) in [5.41, 5.74) is 0.717. The molecule has 0 atom stereocenters. The molecule has 0 unspecified atom stereocenters. The summed E-state index contributed by atoms with van der Waals surface area (Å²) >= 11 is 0. The van der Waals surface area contributed by atoms with Gasteiger partial charge in [-0.2, -0.15) is 5.10 Å². The maximum atomic E-state index is 12.3. The van der Waals surface area contributed by atoms with Crippen molar-refractivity contribution in [3.8, 4) is 0 Å². The molecule has 1 aliphatic rings. The fourth-order valence-electron chi connectivity index (χ4n) is 2.31. The average molecular weight is 338 g/mol. The third-order valence-electron chi connectivity index (χ3n) is 3.37. The van der Waals surface area contributed by atoms with Crippen LogP contribution in [0.1, 0.15) is 12.6 Å². The summed E-state index contributed by atoms with van der Waals surface area (Å²) in [6, 6.07) is 1.61. The van der Waals surface area contributed by atoms with E-state index in [1.807, 2.05) is 6.92 Å². The van der Waals surface area contributed by atoms with E-state index in [1.54, 1.807) is 13.0 Å². The number of sulfonamides is 1. The fourth-order valence-corrected chi connectivity index (χ4v) is 3.59. The standard InChI is InChI=1S/C12H23N5O2S.ClH/c1-3-17-12(10-11(2)15-17)20(18,19)14-6-9-16-7-4-13-5-8-16;/h10,13-14H,3-9H2,1-2H3;1H. The Kier molecular flexibility index (Phi) is 7.08. The predicted octanol–water partition coefficient (Wildman–Crippen LogP) is -0.183. The lowest BCUT2D eigenvalue weighted by Crippen LogP contribution is -2.46. The van der Waals surface area contributed by atoms with Gasteiger partial charge in [0.05, 0.1) is 5.69 Å². The van der Waals surface area contributed by atoms with Gasteiger partial charge in [0, 0.05) is 45.8 Å². The van der Waals surface area contributed by atoms with Crippen molar-refractivity contribution in [1.82, 2.24) is 24.7 Å². The first-order chi connectivity index (χ1) is 9.53. The Morgan fingerprint density at radius 1 is 1.38 bits per heavy atom. The molecule has 9 heteroatoms. The number of halogens is 1. The Morgan fingerprint density at radius 3 is 2.67 bits per heavy atom. The van der Waals surface area contributed by atoms with Crippen LogP contribution in [0.5, 0.6) is 0 Å². The summed E-state index contributed by atoms with van der Waals surface area (Å²) < 4.78 is 28.7. The Balaban J connectivity index is 0.00000220. The zero-order chi connectivity index (χ0) is 14.6. The molecule has 0 bridgehead atoms. The largest absolute Gasteiger partial charge is 0.314 e. The number of hydrogen-bond donors (Lipinski definition) is 2. The number of aryl methyl sites for hydroxylation is 2. The highest BCUT2D eigenvalue weighted by Gasteiger charge is 2.20. The monoisotopic (exact) mass is 337 g/mol. The molecule has 0 aromatic carbocycles. The van der Waals surface area contributed by atoms with Crippen molar-refractivity contribution in [2.45, 2.75) is 25.4 Å². The van der Waals surface area contributed by atoms with Crippen molar-refractivity contribution in [2.24, 2.45) is 0 Å². The van der Waals surface area contributed by atoms with Gasteiger partial charge in [0.1, 0.15) is 0 Å². The molecular formula is C12H24ClN5O2S. The molecule has 0 spiro atoms. The molecule has 2 heterocycles. The highest BCUT2D eigenvalue weighted by Crippen LogP contribution is 2.10. The Labute approximate surface area is 132 Å². The van der Waals surface area contributed by atoms with E-state index in [4.69, 9.17) is 0 Å². The zero-order valence-electron chi connectivity index (χ0n) is 12.5. The van der Waals surface area contributed by atoms with Crippen molar-refractivity contribution in [3.63, 3.8) is 0 Å². The van der Waals surface area contributed by atoms with E-state index in [1.165, 1.54) is 4.68 Å². The van der Waals surface area contributed by atoms with Crippen molar-refractivity contribution in [1.29, 1.82) is 0 Å². The molecule has 1 saturated heterocycles. The van der Waals surface area contributed by atoms with Gasteiger partial charge in [-0.1, -0.05) is 0 Å². The van der Waals surface area contributed by atoms with Gasteiger partial charge in [0.15, 0.2) is 5.03 Å². The van der Waals surface area contributed by atoms with Gasteiger partial charge >= 0.3 is 0 Å². The topological polar surface area (TPSA) is 79.3 Å². The maximum Gasteiger partial charge on any atom is 0.257 e. The zero-order valence-corrected chi connectivity index (χ0v) is 14.1. The van der Waals surface area contributed by atoms with Crippen LogP contribution in [-0.4, -0.2) is 62.4 Å². The summed E-state index contributed by atoms with van der Waals surface area (Å²) in [5.74, 6) is 0. The van der Waals surface area contributed by atoms with Gasteiger partial charge in [0.2, 0.25) is 0 Å². The van der Waals surface area contributed by atoms with Crippen LogP contribution >= 0.6 is 12.4 Å². The van der Waals surface area contributed by atoms with Crippen LogP contribution in [0.15, 0.2) is 11.1 Å². The molecule has 2 N–H and O–H groups in total. The summed E-state index contributed by atoms with van der Waals surface area (Å²) in [5, 5.41) is 7.69. The second kappa shape index (κ2) is 8.09. The number of nitrogens with zero attached hydrogens (tertiary/aromatic N) is 3. The van der Waals surface area contributed by atoms with Gasteiger partial charge < -0.3 is 5.32 Å². The SMILES string of the molecule is CCn1nc(C)cc1S(=O)(=O)NCCN1CCNCC1.Cl. The van der Waals surface area contributed by atoms with Crippen molar-refractivity contribution in [3.05, 3.63) is 11.8 Å². The van der Waals surface area contributed by atoms with E-state index < -0.39 is 10.0 Å². The van der Waals surface area contributed by atoms with E-state index in [9.17, 15) is 8.42 Å². The number of rotatable bonds is 6. The molecule has 2 rings (SSSR count). The van der Waals surface area contributed by atoms with Gasteiger partial charge in [-0.3, -0.25) is 9.58 Å². The third kappa shape index (κ3) is 4.93. The van der Waals surface area contributed by atoms with Crippen LogP contribution in [0, 0.1) is 6.92 Å². The van der Waals surface area contributed by atoms with E-state index in [2.05, 4.69) is 20.0 Å². The molecule has 1 aliphatic heterocycles. The number of piperazine rings is 1. The molecule has 21 heavy (non-hydrogen) atoms. The molecule has 1 fully saturated rings. The molecule has 1 aromatic rings. The van der Waals surface area contributed by atoms with Crippen LogP contribution in [0.2, 0.25) is 0 Å². The number of nitrogens with one attached hydrogen (secondary N) is 2. The highest BCUT2D eigenvalue weighted by atomic mass is 35.5. The summed E-state index contributed by atoms with van der Waals surface area (Å²) in [6.07, 6.45) is 0. The first kappa shape index (κ1) is 18.4. The lowest BCUT2D eigenvalue weighted by molar-refractivity contribution is 0.245.